The van der Waals surface area contributed by atoms with Crippen molar-refractivity contribution < 1.29 is 0 Å². The Morgan fingerprint density at radius 2 is 2.12 bits per heavy atom. The van der Waals surface area contributed by atoms with E-state index in [1.807, 2.05) is 18.2 Å². The molecule has 1 aromatic heterocycles. The number of nitrogens with zero attached hydrogens (tertiary/aromatic N) is 1. The number of aromatic nitrogens is 2. The zero-order valence-corrected chi connectivity index (χ0v) is 9.11. The van der Waals surface area contributed by atoms with Crippen molar-refractivity contribution in [1.29, 1.82) is 0 Å². The van der Waals surface area contributed by atoms with Crippen LogP contribution in [0.5, 0.6) is 0 Å². The highest BCUT2D eigenvalue weighted by Crippen LogP contribution is 2.37. The molecule has 0 spiro atoms. The predicted octanol–water partition coefficient (Wildman–Crippen LogP) is 2.07. The summed E-state index contributed by atoms with van der Waals surface area (Å²) in [6, 6.07) is 10.3. The van der Waals surface area contributed by atoms with Crippen molar-refractivity contribution in [2.75, 3.05) is 6.54 Å². The number of hydrogen-bond acceptors (Lipinski definition) is 2. The molecule has 3 rings (SSSR count). The Bertz CT molecular complexity index is 487. The van der Waals surface area contributed by atoms with Gasteiger partial charge in [-0.25, -0.2) is 0 Å². The summed E-state index contributed by atoms with van der Waals surface area (Å²) in [4.78, 5) is 0. The fourth-order valence-electron chi connectivity index (χ4n) is 2.53. The molecule has 1 aliphatic carbocycles. The van der Waals surface area contributed by atoms with Crippen molar-refractivity contribution in [2.24, 2.45) is 5.73 Å². The number of nitrogens with one attached hydrogen (secondary N) is 1. The molecular weight excluding hydrogens is 198 g/mol. The summed E-state index contributed by atoms with van der Waals surface area (Å²) >= 11 is 0. The van der Waals surface area contributed by atoms with Gasteiger partial charge in [-0.1, -0.05) is 30.3 Å². The maximum Gasteiger partial charge on any atom is 0.0958 e. The average molecular weight is 213 g/mol. The molecule has 1 aliphatic rings. The molecule has 16 heavy (non-hydrogen) atoms. The van der Waals surface area contributed by atoms with Crippen LogP contribution in [0.15, 0.2) is 30.3 Å². The Labute approximate surface area is 94.7 Å². The van der Waals surface area contributed by atoms with Gasteiger partial charge in [0.25, 0.3) is 0 Å². The van der Waals surface area contributed by atoms with Crippen LogP contribution >= 0.6 is 0 Å². The second kappa shape index (κ2) is 3.76. The predicted molar refractivity (Wildman–Crippen MR) is 64.1 cm³/mol. The van der Waals surface area contributed by atoms with E-state index in [1.54, 1.807) is 0 Å². The highest BCUT2D eigenvalue weighted by Gasteiger charge is 2.27. The number of rotatable bonds is 2. The Morgan fingerprint density at radius 3 is 2.88 bits per heavy atom. The highest BCUT2D eigenvalue weighted by atomic mass is 15.1. The number of nitrogens with two attached hydrogens (primary N) is 1. The standard InChI is InChI=1S/C13H15N3/c14-8-10-6-7-11-12(10)13(16-15-11)9-4-2-1-3-5-9/h1-5,10H,6-8,14H2,(H,15,16). The normalized spacial score (nSPS) is 18.7. The van der Waals surface area contributed by atoms with E-state index >= 15 is 0 Å². The molecule has 0 radical (unpaired) electrons. The Balaban J connectivity index is 2.10. The van der Waals surface area contributed by atoms with Gasteiger partial charge >= 0.3 is 0 Å². The fraction of sp³-hybridized carbons (Fsp3) is 0.308. The van der Waals surface area contributed by atoms with Crippen LogP contribution in [-0.2, 0) is 6.42 Å². The molecular formula is C13H15N3. The summed E-state index contributed by atoms with van der Waals surface area (Å²) in [5.74, 6) is 0.476. The molecule has 1 atom stereocenters. The molecule has 0 aliphatic heterocycles. The van der Waals surface area contributed by atoms with Gasteiger partial charge in [0.2, 0.25) is 0 Å². The summed E-state index contributed by atoms with van der Waals surface area (Å²) < 4.78 is 0. The van der Waals surface area contributed by atoms with Gasteiger partial charge < -0.3 is 5.73 Å². The third kappa shape index (κ3) is 1.36. The monoisotopic (exact) mass is 213 g/mol. The Hall–Kier alpha value is -1.61. The van der Waals surface area contributed by atoms with Gasteiger partial charge in [-0.3, -0.25) is 5.10 Å². The summed E-state index contributed by atoms with van der Waals surface area (Å²) in [7, 11) is 0. The lowest BCUT2D eigenvalue weighted by Crippen LogP contribution is -2.09. The Kier molecular flexibility index (Phi) is 2.26. The lowest BCUT2D eigenvalue weighted by molar-refractivity contribution is 0.682. The first kappa shape index (κ1) is 9.60. The topological polar surface area (TPSA) is 54.7 Å². The minimum atomic E-state index is 0.476. The number of H-pyrrole nitrogens is 1. The van der Waals surface area contributed by atoms with Crippen molar-refractivity contribution in [1.82, 2.24) is 10.2 Å². The molecule has 0 bridgehead atoms. The zero-order chi connectivity index (χ0) is 11.0. The van der Waals surface area contributed by atoms with Gasteiger partial charge in [-0.2, -0.15) is 5.10 Å². The highest BCUT2D eigenvalue weighted by molar-refractivity contribution is 5.65. The minimum Gasteiger partial charge on any atom is -0.330 e. The second-order valence-electron chi connectivity index (χ2n) is 4.30. The van der Waals surface area contributed by atoms with Crippen LogP contribution in [0.4, 0.5) is 0 Å². The molecule has 0 saturated heterocycles. The molecule has 3 nitrogen and oxygen atoms in total. The number of benzene rings is 1. The minimum absolute atomic E-state index is 0.476. The average Bonchev–Trinajstić information content (AvgIpc) is 2.90. The van der Waals surface area contributed by atoms with Crippen molar-refractivity contribution in [3.8, 4) is 11.3 Å². The van der Waals surface area contributed by atoms with Crippen molar-refractivity contribution >= 4 is 0 Å². The lowest BCUT2D eigenvalue weighted by atomic mass is 9.98. The molecule has 0 amide bonds. The first-order chi connectivity index (χ1) is 7.90. The van der Waals surface area contributed by atoms with E-state index < -0.39 is 0 Å². The molecule has 1 unspecified atom stereocenters. The third-order valence-electron chi connectivity index (χ3n) is 3.37. The van der Waals surface area contributed by atoms with Gasteiger partial charge in [0.05, 0.1) is 5.69 Å². The molecule has 1 heterocycles. The smallest absolute Gasteiger partial charge is 0.0958 e. The largest absolute Gasteiger partial charge is 0.330 e. The van der Waals surface area contributed by atoms with Gasteiger partial charge in [0.15, 0.2) is 0 Å². The summed E-state index contributed by atoms with van der Waals surface area (Å²) in [6.07, 6.45) is 2.23. The second-order valence-corrected chi connectivity index (χ2v) is 4.30. The maximum atomic E-state index is 5.81. The van der Waals surface area contributed by atoms with Crippen LogP contribution in [0.25, 0.3) is 11.3 Å². The first-order valence-corrected chi connectivity index (χ1v) is 5.72. The lowest BCUT2D eigenvalue weighted by Gasteiger charge is -2.08. The fourth-order valence-corrected chi connectivity index (χ4v) is 2.53. The molecule has 3 heteroatoms. The molecule has 82 valence electrons. The number of fused-ring (bicyclic) bond motifs is 1. The van der Waals surface area contributed by atoms with Crippen molar-refractivity contribution in [3.05, 3.63) is 41.6 Å². The zero-order valence-electron chi connectivity index (χ0n) is 9.11. The SMILES string of the molecule is NCC1CCc2[nH]nc(-c3ccccc3)c21. The number of hydrogen-bond donors (Lipinski definition) is 2. The van der Waals surface area contributed by atoms with E-state index in [4.69, 9.17) is 5.73 Å². The Morgan fingerprint density at radius 1 is 1.31 bits per heavy atom. The maximum absolute atomic E-state index is 5.81. The van der Waals surface area contributed by atoms with Gasteiger partial charge in [0, 0.05) is 22.7 Å². The van der Waals surface area contributed by atoms with E-state index in [1.165, 1.54) is 16.8 Å². The van der Waals surface area contributed by atoms with Gasteiger partial charge in [0.1, 0.15) is 0 Å². The summed E-state index contributed by atoms with van der Waals surface area (Å²) in [5, 5.41) is 7.57. The van der Waals surface area contributed by atoms with E-state index in [0.29, 0.717) is 12.5 Å². The summed E-state index contributed by atoms with van der Waals surface area (Å²) in [5.41, 5.74) is 10.7. The number of aryl methyl sites for hydroxylation is 1. The van der Waals surface area contributed by atoms with Gasteiger partial charge in [-0.05, 0) is 19.4 Å². The van der Waals surface area contributed by atoms with Crippen molar-refractivity contribution in [3.63, 3.8) is 0 Å². The van der Waals surface area contributed by atoms with E-state index in [0.717, 1.165) is 18.5 Å². The van der Waals surface area contributed by atoms with Crippen LogP contribution in [0, 0.1) is 0 Å². The summed E-state index contributed by atoms with van der Waals surface area (Å²) in [6.45, 7) is 0.715. The van der Waals surface area contributed by atoms with E-state index in [2.05, 4.69) is 22.3 Å². The van der Waals surface area contributed by atoms with Gasteiger partial charge in [-0.15, -0.1) is 0 Å². The van der Waals surface area contributed by atoms with Crippen LogP contribution < -0.4 is 5.73 Å². The van der Waals surface area contributed by atoms with Crippen LogP contribution in [-0.4, -0.2) is 16.7 Å². The number of aromatic amines is 1. The molecule has 2 aromatic rings. The molecule has 1 aromatic carbocycles. The first-order valence-electron chi connectivity index (χ1n) is 5.72. The van der Waals surface area contributed by atoms with Crippen LogP contribution in [0.1, 0.15) is 23.6 Å². The quantitative estimate of drug-likeness (QED) is 0.802. The molecule has 0 fully saturated rings. The third-order valence-corrected chi connectivity index (χ3v) is 3.37. The van der Waals surface area contributed by atoms with Crippen LogP contribution in [0.2, 0.25) is 0 Å². The van der Waals surface area contributed by atoms with E-state index in [-0.39, 0.29) is 0 Å². The molecule has 0 saturated carbocycles. The van der Waals surface area contributed by atoms with Crippen LogP contribution in [0.3, 0.4) is 0 Å². The van der Waals surface area contributed by atoms with E-state index in [9.17, 15) is 0 Å². The van der Waals surface area contributed by atoms with Crippen molar-refractivity contribution in [2.45, 2.75) is 18.8 Å². The molecule has 3 N–H and O–H groups in total.